The number of para-hydroxylation sites is 2. The molecule has 0 bridgehead atoms. The van der Waals surface area contributed by atoms with E-state index in [0.717, 1.165) is 60.5 Å². The van der Waals surface area contributed by atoms with E-state index in [9.17, 15) is 2.74 Å². The van der Waals surface area contributed by atoms with Crippen LogP contribution in [0.5, 0.6) is 0 Å². The molecule has 10 rings (SSSR count). The predicted molar refractivity (Wildman–Crippen MR) is 211 cm³/mol. The van der Waals surface area contributed by atoms with E-state index in [1.807, 2.05) is 54.6 Å². The predicted octanol–water partition coefficient (Wildman–Crippen LogP) is 12.9. The summed E-state index contributed by atoms with van der Waals surface area (Å²) < 4.78 is 81.9. The highest BCUT2D eigenvalue weighted by Crippen LogP contribution is 2.39. The molecule has 0 spiro atoms. The van der Waals surface area contributed by atoms with Crippen molar-refractivity contribution in [2.45, 2.75) is 0 Å². The second kappa shape index (κ2) is 11.5. The molecule has 0 fully saturated rings. The number of hydrogen-bond donors (Lipinski definition) is 0. The molecule has 2 nitrogen and oxygen atoms in total. The van der Waals surface area contributed by atoms with Gasteiger partial charge in [-0.1, -0.05) is 133 Å². The highest BCUT2D eigenvalue weighted by atomic mass is 15.0. The average Bonchev–Trinajstić information content (AvgIpc) is 3.78. The summed E-state index contributed by atoms with van der Waals surface area (Å²) in [6.45, 7) is 0. The second-order valence-corrected chi connectivity index (χ2v) is 12.3. The Morgan fingerprint density at radius 1 is 0.300 bits per heavy atom. The Labute approximate surface area is 303 Å². The molecule has 0 N–H and O–H groups in total. The Balaban J connectivity index is 1.14. The van der Waals surface area contributed by atoms with E-state index in [1.54, 1.807) is 4.57 Å². The number of aromatic nitrogens is 2. The first-order chi connectivity index (χ1) is 28.5. The van der Waals surface area contributed by atoms with Crippen LogP contribution in [0.3, 0.4) is 0 Å². The Kier molecular flexibility index (Phi) is 4.76. The maximum absolute atomic E-state index is 9.21. The lowest BCUT2D eigenvalue weighted by Crippen LogP contribution is -1.94. The van der Waals surface area contributed by atoms with Crippen LogP contribution in [0, 0.1) is 0 Å². The first-order valence-corrected chi connectivity index (χ1v) is 16.5. The molecule has 2 heteroatoms. The smallest absolute Gasteiger partial charge is 0.0645 e. The number of hydrogen-bond acceptors (Lipinski definition) is 0. The SMILES string of the molecule is [2H]c1c([2H])c([2H])c(-c2c([2H])c([2H])c(-n3c4ccccc4c4cc(-c5ccc6c(c5)c5ccccc5n6-c5cccc(-c6ccccc6)c5)ccc43)c([2H])c2[2H])c([2H])c1[2H]. The van der Waals surface area contributed by atoms with Crippen molar-refractivity contribution in [3.63, 3.8) is 0 Å². The van der Waals surface area contributed by atoms with Gasteiger partial charge in [0.15, 0.2) is 0 Å². The number of fused-ring (bicyclic) bond motifs is 6. The lowest BCUT2D eigenvalue weighted by atomic mass is 10.0. The molecule has 0 radical (unpaired) electrons. The third-order valence-electron chi connectivity index (χ3n) is 9.48. The van der Waals surface area contributed by atoms with Gasteiger partial charge in [-0.15, -0.1) is 0 Å². The van der Waals surface area contributed by atoms with Gasteiger partial charge in [-0.2, -0.15) is 0 Å². The Morgan fingerprint density at radius 2 is 0.800 bits per heavy atom. The van der Waals surface area contributed by atoms with E-state index in [-0.39, 0.29) is 16.8 Å². The topological polar surface area (TPSA) is 9.86 Å². The molecule has 234 valence electrons. The van der Waals surface area contributed by atoms with Crippen LogP contribution in [-0.4, -0.2) is 9.13 Å². The number of rotatable bonds is 5. The molecule has 0 saturated carbocycles. The van der Waals surface area contributed by atoms with Gasteiger partial charge in [0.1, 0.15) is 0 Å². The zero-order valence-electron chi connectivity index (χ0n) is 35.7. The first-order valence-electron chi connectivity index (χ1n) is 21.0. The molecule has 0 aliphatic carbocycles. The lowest BCUT2D eigenvalue weighted by Gasteiger charge is -2.11. The monoisotopic (exact) mass is 645 g/mol. The third kappa shape index (κ3) is 4.57. The molecular formula is C48H32N2. The van der Waals surface area contributed by atoms with Gasteiger partial charge in [0.25, 0.3) is 0 Å². The van der Waals surface area contributed by atoms with E-state index in [0.29, 0.717) is 11.0 Å². The van der Waals surface area contributed by atoms with Crippen molar-refractivity contribution in [3.05, 3.63) is 194 Å². The molecule has 2 aromatic heterocycles. The second-order valence-electron chi connectivity index (χ2n) is 12.3. The Hall–Kier alpha value is -6.64. The standard InChI is InChI=1S/C48H32N2/c1-3-12-33(13-4-1)35-22-26-39(27-23-35)49-45-20-9-7-18-41(45)43-31-37(24-28-47(43)49)38-25-29-48-44(32-38)42-19-8-10-21-46(42)50(48)40-17-11-16-36(30-40)34-14-5-2-6-15-34/h1-32H/i1D,3D,4D,12D,13D,22D,23D,26D,27D. The summed E-state index contributed by atoms with van der Waals surface area (Å²) in [6.07, 6.45) is 0. The molecule has 0 atom stereocenters. The van der Waals surface area contributed by atoms with Gasteiger partial charge in [-0.05, 0) is 94.0 Å². The highest BCUT2D eigenvalue weighted by Gasteiger charge is 2.16. The molecular weight excluding hydrogens is 605 g/mol. The quantitative estimate of drug-likeness (QED) is 0.176. The summed E-state index contributed by atoms with van der Waals surface area (Å²) in [5.74, 6) is 0. The van der Waals surface area contributed by atoms with Crippen molar-refractivity contribution >= 4 is 43.6 Å². The Morgan fingerprint density at radius 3 is 1.44 bits per heavy atom. The molecule has 0 amide bonds. The van der Waals surface area contributed by atoms with E-state index in [4.69, 9.17) is 9.60 Å². The van der Waals surface area contributed by atoms with Crippen molar-refractivity contribution in [3.8, 4) is 44.8 Å². The molecule has 8 aromatic carbocycles. The fourth-order valence-corrected chi connectivity index (χ4v) is 7.20. The van der Waals surface area contributed by atoms with Crippen molar-refractivity contribution in [2.24, 2.45) is 0 Å². The van der Waals surface area contributed by atoms with Gasteiger partial charge < -0.3 is 9.13 Å². The van der Waals surface area contributed by atoms with Gasteiger partial charge in [0.05, 0.1) is 34.4 Å². The van der Waals surface area contributed by atoms with Crippen LogP contribution < -0.4 is 0 Å². The lowest BCUT2D eigenvalue weighted by molar-refractivity contribution is 1.18. The molecule has 0 unspecified atom stereocenters. The number of nitrogens with zero attached hydrogens (tertiary/aromatic N) is 2. The van der Waals surface area contributed by atoms with Crippen LogP contribution in [0.1, 0.15) is 12.3 Å². The molecule has 0 aliphatic rings. The van der Waals surface area contributed by atoms with Crippen molar-refractivity contribution in [1.29, 1.82) is 0 Å². The summed E-state index contributed by atoms with van der Waals surface area (Å²) in [6, 6.07) is 42.7. The van der Waals surface area contributed by atoms with E-state index in [1.165, 1.54) is 0 Å². The van der Waals surface area contributed by atoms with E-state index in [2.05, 4.69) is 89.5 Å². The van der Waals surface area contributed by atoms with E-state index >= 15 is 0 Å². The minimum absolute atomic E-state index is 0.000583. The van der Waals surface area contributed by atoms with Crippen LogP contribution in [-0.2, 0) is 0 Å². The molecule has 0 saturated heterocycles. The largest absolute Gasteiger partial charge is 0.309 e. The van der Waals surface area contributed by atoms with Crippen molar-refractivity contribution < 1.29 is 12.3 Å². The molecule has 50 heavy (non-hydrogen) atoms. The summed E-state index contributed by atoms with van der Waals surface area (Å²) in [5, 5.41) is 3.94. The summed E-state index contributed by atoms with van der Waals surface area (Å²) >= 11 is 0. The summed E-state index contributed by atoms with van der Waals surface area (Å²) in [7, 11) is 0. The van der Waals surface area contributed by atoms with Gasteiger partial charge in [-0.25, -0.2) is 0 Å². The zero-order chi connectivity index (χ0) is 40.9. The average molecular weight is 646 g/mol. The number of benzene rings is 8. The summed E-state index contributed by atoms with van der Waals surface area (Å²) in [5.41, 5.74) is 8.12. The van der Waals surface area contributed by atoms with Crippen molar-refractivity contribution in [2.75, 3.05) is 0 Å². The minimum atomic E-state index is -0.612. The van der Waals surface area contributed by atoms with Gasteiger partial charge in [-0.3, -0.25) is 0 Å². The van der Waals surface area contributed by atoms with Crippen molar-refractivity contribution in [1.82, 2.24) is 9.13 Å². The fraction of sp³-hybridized carbons (Fsp3) is 0. The normalized spacial score (nSPS) is 14.1. The maximum atomic E-state index is 9.21. The van der Waals surface area contributed by atoms with Crippen LogP contribution in [0.15, 0.2) is 194 Å². The van der Waals surface area contributed by atoms with Crippen LogP contribution in [0.2, 0.25) is 0 Å². The third-order valence-corrected chi connectivity index (χ3v) is 9.48. The highest BCUT2D eigenvalue weighted by molar-refractivity contribution is 6.12. The van der Waals surface area contributed by atoms with Gasteiger partial charge in [0.2, 0.25) is 0 Å². The molecule has 10 aromatic rings. The van der Waals surface area contributed by atoms with E-state index < -0.39 is 54.4 Å². The van der Waals surface area contributed by atoms with Crippen LogP contribution in [0.4, 0.5) is 0 Å². The first kappa shape index (κ1) is 20.7. The molecule has 2 heterocycles. The van der Waals surface area contributed by atoms with Gasteiger partial charge in [0, 0.05) is 32.9 Å². The van der Waals surface area contributed by atoms with Crippen LogP contribution >= 0.6 is 0 Å². The Bertz CT molecular complexity index is 3330. The minimum Gasteiger partial charge on any atom is -0.309 e. The maximum Gasteiger partial charge on any atom is 0.0645 e. The zero-order valence-corrected chi connectivity index (χ0v) is 26.7. The van der Waals surface area contributed by atoms with Crippen LogP contribution in [0.25, 0.3) is 88.4 Å². The fourth-order valence-electron chi connectivity index (χ4n) is 7.20. The molecule has 0 aliphatic heterocycles. The van der Waals surface area contributed by atoms with Gasteiger partial charge >= 0.3 is 0 Å². The summed E-state index contributed by atoms with van der Waals surface area (Å²) in [4.78, 5) is 0.